The lowest BCUT2D eigenvalue weighted by atomic mass is 9.67. The van der Waals surface area contributed by atoms with Gasteiger partial charge in [0.2, 0.25) is 0 Å². The second kappa shape index (κ2) is 11.8. The lowest BCUT2D eigenvalue weighted by Crippen LogP contribution is -2.28. The second-order valence-electron chi connectivity index (χ2n) is 11.3. The molecule has 1 heterocycles. The Morgan fingerprint density at radius 3 is 1.62 bits per heavy atom. The average Bonchev–Trinajstić information content (AvgIpc) is 3.64. The van der Waals surface area contributed by atoms with Crippen molar-refractivity contribution in [2.24, 2.45) is 0 Å². The molecular weight excluding hydrogens is 583 g/mol. The average molecular weight is 635 g/mol. The van der Waals surface area contributed by atoms with Crippen LogP contribution in [0, 0.1) is 0 Å². The minimum Gasteiger partial charge on any atom is -0.208 e. The second-order valence-corrected chi connectivity index (χ2v) is 11.3. The molecule has 3 heteroatoms. The van der Waals surface area contributed by atoms with Crippen molar-refractivity contribution >= 4 is 0 Å². The molecular formula is C45H35N3. The molecule has 1 fully saturated rings. The molecule has 0 bridgehead atoms. The third-order valence-corrected chi connectivity index (χ3v) is 8.45. The van der Waals surface area contributed by atoms with Crippen LogP contribution in [0.5, 0.6) is 0 Å². The van der Waals surface area contributed by atoms with Crippen molar-refractivity contribution in [3.8, 4) is 67.5 Å². The van der Waals surface area contributed by atoms with Gasteiger partial charge in [-0.05, 0) is 69.4 Å². The molecule has 0 atom stereocenters. The van der Waals surface area contributed by atoms with Crippen LogP contribution < -0.4 is 0 Å². The van der Waals surface area contributed by atoms with E-state index in [1.165, 1.54) is 6.07 Å². The third-order valence-electron chi connectivity index (χ3n) is 8.45. The summed E-state index contributed by atoms with van der Waals surface area (Å²) in [5.41, 5.74) is -3.59. The molecule has 0 radical (unpaired) electrons. The van der Waals surface area contributed by atoms with E-state index in [1.54, 1.807) is 42.5 Å². The van der Waals surface area contributed by atoms with Crippen LogP contribution in [0.2, 0.25) is 0 Å². The summed E-state index contributed by atoms with van der Waals surface area (Å²) in [6.07, 6.45) is -19.6. The Hall–Kier alpha value is -5.67. The van der Waals surface area contributed by atoms with Crippen LogP contribution in [0.3, 0.4) is 0 Å². The fourth-order valence-corrected chi connectivity index (χ4v) is 6.09. The molecule has 0 unspecified atom stereocenters. The summed E-state index contributed by atoms with van der Waals surface area (Å²) in [6, 6.07) is 26.3. The first-order valence-electron chi connectivity index (χ1n) is 23.8. The van der Waals surface area contributed by atoms with Gasteiger partial charge < -0.3 is 0 Å². The molecule has 2 aliphatic rings. The standard InChI is InChI=1S/C45H35N3/c1-4-13-32(14-5-1)42-46-43(33-15-6-2-7-16-33)48-44(47-42)34-23-21-31(22-24-34)35-17-12-18-36(29-35)37-25-26-39-38-19-8-9-20-40(38)45(41(39)30-37)27-10-3-11-28-45/h1-2,4-9,12-26,29-30H,3,10-11,27-28H2/i3D2,8D,9D,10D2,11D2,19D,20D,25D,26D,27D2,28D2,30D. The van der Waals surface area contributed by atoms with Gasteiger partial charge in [-0.15, -0.1) is 0 Å². The van der Waals surface area contributed by atoms with Crippen LogP contribution in [-0.2, 0) is 5.41 Å². The molecule has 2 aliphatic carbocycles. The van der Waals surface area contributed by atoms with Crippen molar-refractivity contribution in [1.82, 2.24) is 15.0 Å². The summed E-state index contributed by atoms with van der Waals surface area (Å²) in [7, 11) is 0. The zero-order valence-corrected chi connectivity index (χ0v) is 25.2. The highest BCUT2D eigenvalue weighted by Gasteiger charge is 2.43. The fourth-order valence-electron chi connectivity index (χ4n) is 6.09. The van der Waals surface area contributed by atoms with E-state index in [9.17, 15) is 9.60 Å². The normalized spacial score (nSPS) is 24.8. The van der Waals surface area contributed by atoms with Crippen molar-refractivity contribution in [3.63, 3.8) is 0 Å². The highest BCUT2D eigenvalue weighted by molar-refractivity contribution is 5.85. The zero-order chi connectivity index (χ0) is 47.0. The highest BCUT2D eigenvalue weighted by atomic mass is 15.0. The van der Waals surface area contributed by atoms with E-state index in [0.717, 1.165) is 11.1 Å². The SMILES string of the molecule is [2H]c1c([2H])c([2H])c2c(c1[2H])-c1c([2H])c([2H])c(-c3cccc(-c4ccc(-c5nc(-c6ccccc6)nc(-c6ccccc6)n5)cc4)c3)c([2H])c1C21C([2H])([2H])C([2H])([2H])C([2H])([2H])C([2H])([2H])C1([2H])[2H]. The van der Waals surface area contributed by atoms with Gasteiger partial charge in [-0.25, -0.2) is 15.0 Å². The largest absolute Gasteiger partial charge is 0.208 e. The predicted molar refractivity (Wildman–Crippen MR) is 196 cm³/mol. The fraction of sp³-hybridized carbons (Fsp3) is 0.133. The molecule has 0 saturated heterocycles. The summed E-state index contributed by atoms with van der Waals surface area (Å²) < 4.78 is 154. The van der Waals surface area contributed by atoms with Crippen LogP contribution >= 0.6 is 0 Å². The summed E-state index contributed by atoms with van der Waals surface area (Å²) in [6.45, 7) is 0. The van der Waals surface area contributed by atoms with Crippen LogP contribution in [0.1, 0.15) is 66.3 Å². The maximum absolute atomic E-state index is 9.75. The first kappa shape index (κ1) is 16.0. The molecule has 7 aromatic rings. The maximum atomic E-state index is 9.75. The molecule has 0 amide bonds. The van der Waals surface area contributed by atoms with E-state index in [4.69, 9.17) is 28.7 Å². The van der Waals surface area contributed by atoms with E-state index in [1.807, 2.05) is 60.7 Å². The van der Waals surface area contributed by atoms with Crippen molar-refractivity contribution in [1.29, 1.82) is 0 Å². The molecule has 6 aromatic carbocycles. The number of rotatable bonds is 5. The van der Waals surface area contributed by atoms with Gasteiger partial charge in [-0.1, -0.05) is 159 Å². The minimum absolute atomic E-state index is 0.0966. The zero-order valence-electron chi connectivity index (χ0n) is 42.2. The van der Waals surface area contributed by atoms with E-state index in [-0.39, 0.29) is 11.1 Å². The molecule has 3 nitrogen and oxygen atoms in total. The van der Waals surface area contributed by atoms with Gasteiger partial charge in [0.05, 0.1) is 9.60 Å². The Morgan fingerprint density at radius 2 is 0.979 bits per heavy atom. The van der Waals surface area contributed by atoms with Gasteiger partial charge in [0.15, 0.2) is 17.5 Å². The number of aromatic nitrogens is 3. The molecule has 1 saturated carbocycles. The van der Waals surface area contributed by atoms with Crippen molar-refractivity contribution in [2.45, 2.75) is 37.3 Å². The van der Waals surface area contributed by atoms with Crippen molar-refractivity contribution in [2.75, 3.05) is 0 Å². The molecule has 48 heavy (non-hydrogen) atoms. The summed E-state index contributed by atoms with van der Waals surface area (Å²) >= 11 is 0. The number of fused-ring (bicyclic) bond motifs is 5. The van der Waals surface area contributed by atoms with Gasteiger partial charge in [0, 0.05) is 35.8 Å². The summed E-state index contributed by atoms with van der Waals surface area (Å²) in [5.74, 6) is 1.34. The lowest BCUT2D eigenvalue weighted by Gasteiger charge is -2.36. The highest BCUT2D eigenvalue weighted by Crippen LogP contribution is 2.56. The van der Waals surface area contributed by atoms with Crippen LogP contribution in [0.25, 0.3) is 67.5 Å². The molecule has 0 N–H and O–H groups in total. The number of benzene rings is 6. The molecule has 0 aliphatic heterocycles. The van der Waals surface area contributed by atoms with Gasteiger partial charge in [-0.3, -0.25) is 0 Å². The first-order chi connectivity index (χ1) is 30.5. The Morgan fingerprint density at radius 1 is 0.458 bits per heavy atom. The van der Waals surface area contributed by atoms with E-state index in [2.05, 4.69) is 0 Å². The Labute approximate surface area is 305 Å². The number of nitrogens with zero attached hydrogens (tertiary/aromatic N) is 3. The first-order valence-corrected chi connectivity index (χ1v) is 15.3. The van der Waals surface area contributed by atoms with Crippen LogP contribution in [-0.4, -0.2) is 15.0 Å². The Bertz CT molecular complexity index is 3020. The molecule has 1 aromatic heterocycles. The Balaban J connectivity index is 1.23. The topological polar surface area (TPSA) is 38.7 Å². The molecule has 9 rings (SSSR count). The maximum Gasteiger partial charge on any atom is 0.164 e. The smallest absolute Gasteiger partial charge is 0.164 e. The monoisotopic (exact) mass is 634 g/mol. The number of hydrogen-bond acceptors (Lipinski definition) is 3. The molecule has 230 valence electrons. The summed E-state index contributed by atoms with van der Waals surface area (Å²) in [5, 5.41) is 0. The van der Waals surface area contributed by atoms with Crippen molar-refractivity contribution in [3.05, 3.63) is 163 Å². The van der Waals surface area contributed by atoms with Gasteiger partial charge >= 0.3 is 0 Å². The van der Waals surface area contributed by atoms with Gasteiger partial charge in [-0.2, -0.15) is 0 Å². The van der Waals surface area contributed by atoms with E-state index < -0.39 is 102 Å². The molecule has 1 spiro atoms. The van der Waals surface area contributed by atoms with Gasteiger partial charge in [0.1, 0.15) is 0 Å². The minimum atomic E-state index is -3.93. The number of hydrogen-bond donors (Lipinski definition) is 0. The third kappa shape index (κ3) is 4.94. The lowest BCUT2D eigenvalue weighted by molar-refractivity contribution is 0.353. The van der Waals surface area contributed by atoms with Crippen molar-refractivity contribution < 1.29 is 23.3 Å². The van der Waals surface area contributed by atoms with Gasteiger partial charge in [0.25, 0.3) is 0 Å². The Kier molecular flexibility index (Phi) is 3.94. The summed E-state index contributed by atoms with van der Waals surface area (Å²) in [4.78, 5) is 14.3. The quantitative estimate of drug-likeness (QED) is 0.189. The predicted octanol–water partition coefficient (Wildman–Crippen LogP) is 11.4. The van der Waals surface area contributed by atoms with Crippen LogP contribution in [0.4, 0.5) is 0 Å². The van der Waals surface area contributed by atoms with E-state index >= 15 is 0 Å². The van der Waals surface area contributed by atoms with Crippen LogP contribution in [0.15, 0.2) is 151 Å². The van der Waals surface area contributed by atoms with E-state index in [0.29, 0.717) is 34.2 Å².